The number of carbonyl (C=O) groups is 1. The number of aliphatic hydroxyl groups excluding tert-OH is 11. The number of ether oxygens (including phenoxy) is 6. The third-order valence-electron chi connectivity index (χ3n) is 22.7. The molecular weight excluding hydrogens is 1420 g/mol. The van der Waals surface area contributed by atoms with Gasteiger partial charge in [0.1, 0.15) is 73.2 Å². The topological polar surface area (TPSA) is 307 Å². The molecular formula is C93H169NO18. The summed E-state index contributed by atoms with van der Waals surface area (Å²) in [5.74, 6) is -0.284. The summed E-state index contributed by atoms with van der Waals surface area (Å²) < 4.78 is 34.5. The van der Waals surface area contributed by atoms with Gasteiger partial charge in [0.05, 0.1) is 38.6 Å². The standard InChI is InChI=1S/C93H169NO18/c1-3-5-7-9-11-13-15-17-19-21-23-25-27-29-31-33-35-37-38-39-41-43-45-47-49-51-53-55-57-59-61-63-65-67-69-71-81(99)94-76(77(98)70-68-66-64-62-60-58-56-54-52-50-48-46-44-42-40-36-34-32-30-28-26-24-22-20-18-16-14-12-10-8-6-4-2)75-107-91-87(105)84(102)89(79(73-96)109-91)112-93-88(106)85(103)90(80(74-97)110-93)111-92-86(104)83(101)82(100)78(72-95)108-92/h15,17,21,23,27,29,52,54,60,62,68,70,76-80,82-93,95-98,100-106H,3-14,16,18-20,22,24-26,28,30-51,53,55-59,61,63-67,69,71-75H2,1-2H3,(H,94,99)/b17-15-,23-21-,29-27-,54-52+,62-60+,70-68+. The SMILES string of the molecule is CCCCCCC/C=C\C/C=C\C/C=C\CCCCCCCCCCCCCCCCCCCCCCC(=O)NC(COC1OC(CO)C(OC2OC(CO)C(OC3OC(CO)C(O)C(O)C3O)C(O)C2O)C(O)C1O)C(O)/C=C/CC/C=C/CC/C=C/CCCCCCCCCCCCCCCCCCCCCCCC. The number of amides is 1. The highest BCUT2D eigenvalue weighted by Crippen LogP contribution is 2.34. The molecule has 0 bridgehead atoms. The molecule has 3 fully saturated rings. The summed E-state index contributed by atoms with van der Waals surface area (Å²) in [6.45, 7) is 1.75. The second-order valence-corrected chi connectivity index (χ2v) is 32.7. The minimum absolute atomic E-state index is 0.232. The van der Waals surface area contributed by atoms with Gasteiger partial charge in [-0.1, -0.05) is 363 Å². The van der Waals surface area contributed by atoms with Crippen molar-refractivity contribution < 1.29 is 89.4 Å². The smallest absolute Gasteiger partial charge is 0.220 e. The van der Waals surface area contributed by atoms with E-state index >= 15 is 0 Å². The molecule has 0 aromatic carbocycles. The predicted octanol–water partition coefficient (Wildman–Crippen LogP) is 17.9. The number of hydrogen-bond donors (Lipinski definition) is 12. The highest BCUT2D eigenvalue weighted by molar-refractivity contribution is 5.76. The number of rotatable bonds is 75. The average Bonchev–Trinajstić information content (AvgIpc) is 0.782. The second kappa shape index (κ2) is 72.3. The summed E-state index contributed by atoms with van der Waals surface area (Å²) in [5, 5.41) is 121. The van der Waals surface area contributed by atoms with Crippen molar-refractivity contribution in [2.24, 2.45) is 0 Å². The van der Waals surface area contributed by atoms with Crippen LogP contribution < -0.4 is 5.32 Å². The molecule has 3 rings (SSSR count). The van der Waals surface area contributed by atoms with E-state index in [1.54, 1.807) is 6.08 Å². The highest BCUT2D eigenvalue weighted by Gasteiger charge is 2.54. The Kier molecular flexibility index (Phi) is 66.7. The van der Waals surface area contributed by atoms with Crippen LogP contribution in [0.15, 0.2) is 72.9 Å². The minimum Gasteiger partial charge on any atom is -0.394 e. The Morgan fingerprint density at radius 1 is 0.321 bits per heavy atom. The van der Waals surface area contributed by atoms with Gasteiger partial charge in [-0.2, -0.15) is 0 Å². The predicted molar refractivity (Wildman–Crippen MR) is 452 cm³/mol. The molecule has 17 unspecified atom stereocenters. The number of hydrogen-bond acceptors (Lipinski definition) is 18. The molecule has 3 heterocycles. The molecule has 3 saturated heterocycles. The number of aliphatic hydroxyl groups is 11. The van der Waals surface area contributed by atoms with Crippen LogP contribution in [-0.2, 0) is 33.2 Å². The summed E-state index contributed by atoms with van der Waals surface area (Å²) in [5.41, 5.74) is 0. The van der Waals surface area contributed by atoms with Crippen LogP contribution in [0, 0.1) is 0 Å². The Morgan fingerprint density at radius 3 is 0.955 bits per heavy atom. The van der Waals surface area contributed by atoms with Crippen molar-refractivity contribution in [3.63, 3.8) is 0 Å². The first-order chi connectivity index (χ1) is 54.8. The second-order valence-electron chi connectivity index (χ2n) is 32.7. The first kappa shape index (κ1) is 103. The highest BCUT2D eigenvalue weighted by atomic mass is 16.8. The molecule has 654 valence electrons. The van der Waals surface area contributed by atoms with Gasteiger partial charge < -0.3 is 89.9 Å². The van der Waals surface area contributed by atoms with E-state index in [1.807, 2.05) is 6.08 Å². The van der Waals surface area contributed by atoms with E-state index in [4.69, 9.17) is 28.4 Å². The molecule has 0 aromatic rings. The third-order valence-corrected chi connectivity index (χ3v) is 22.7. The Hall–Kier alpha value is -2.77. The zero-order valence-corrected chi connectivity index (χ0v) is 70.7. The van der Waals surface area contributed by atoms with Crippen LogP contribution in [0.5, 0.6) is 0 Å². The lowest BCUT2D eigenvalue weighted by Crippen LogP contribution is -2.66. The third kappa shape index (κ3) is 50.2. The normalized spacial score (nSPS) is 25.2. The molecule has 112 heavy (non-hydrogen) atoms. The fraction of sp³-hybridized carbons (Fsp3) is 0.860. The Balaban J connectivity index is 1.33. The van der Waals surface area contributed by atoms with Crippen molar-refractivity contribution >= 4 is 5.91 Å². The zero-order chi connectivity index (χ0) is 81.0. The zero-order valence-electron chi connectivity index (χ0n) is 70.7. The van der Waals surface area contributed by atoms with Crippen LogP contribution in [0.2, 0.25) is 0 Å². The van der Waals surface area contributed by atoms with Gasteiger partial charge >= 0.3 is 0 Å². The Labute approximate surface area is 680 Å². The maximum absolute atomic E-state index is 13.5. The summed E-state index contributed by atoms with van der Waals surface area (Å²) in [7, 11) is 0. The summed E-state index contributed by atoms with van der Waals surface area (Å²) in [4.78, 5) is 13.5. The number of unbranched alkanes of at least 4 members (excludes halogenated alkanes) is 49. The monoisotopic (exact) mass is 1590 g/mol. The molecule has 1 amide bonds. The molecule has 0 radical (unpaired) electrons. The van der Waals surface area contributed by atoms with Crippen molar-refractivity contribution in [1.82, 2.24) is 5.32 Å². The maximum atomic E-state index is 13.5. The molecule has 0 aliphatic carbocycles. The van der Waals surface area contributed by atoms with Crippen molar-refractivity contribution in [3.05, 3.63) is 72.9 Å². The fourth-order valence-corrected chi connectivity index (χ4v) is 15.4. The van der Waals surface area contributed by atoms with Gasteiger partial charge in [0.15, 0.2) is 18.9 Å². The van der Waals surface area contributed by atoms with Crippen molar-refractivity contribution in [1.29, 1.82) is 0 Å². The van der Waals surface area contributed by atoms with E-state index in [2.05, 4.69) is 79.9 Å². The van der Waals surface area contributed by atoms with E-state index in [0.29, 0.717) is 12.8 Å². The molecule has 0 aromatic heterocycles. The van der Waals surface area contributed by atoms with Crippen molar-refractivity contribution in [2.45, 2.75) is 484 Å². The van der Waals surface area contributed by atoms with Crippen LogP contribution in [-0.4, -0.2) is 193 Å². The molecule has 3 aliphatic rings. The quantitative estimate of drug-likeness (QED) is 0.0199. The number of nitrogens with one attached hydrogen (secondary N) is 1. The first-order valence-corrected chi connectivity index (χ1v) is 46.2. The van der Waals surface area contributed by atoms with Crippen LogP contribution in [0.25, 0.3) is 0 Å². The van der Waals surface area contributed by atoms with Crippen LogP contribution >= 0.6 is 0 Å². The van der Waals surface area contributed by atoms with E-state index in [9.17, 15) is 61.0 Å². The van der Waals surface area contributed by atoms with Gasteiger partial charge in [-0.15, -0.1) is 0 Å². The largest absolute Gasteiger partial charge is 0.394 e. The van der Waals surface area contributed by atoms with E-state index in [1.165, 1.54) is 289 Å². The van der Waals surface area contributed by atoms with Gasteiger partial charge in [0.25, 0.3) is 0 Å². The Morgan fingerprint density at radius 2 is 0.598 bits per heavy atom. The molecule has 3 aliphatic heterocycles. The average molecular weight is 1590 g/mol. The minimum atomic E-state index is -1.99. The molecule has 19 heteroatoms. The number of carbonyl (C=O) groups excluding carboxylic acids is 1. The van der Waals surface area contributed by atoms with E-state index < -0.39 is 124 Å². The summed E-state index contributed by atoms with van der Waals surface area (Å²) >= 11 is 0. The summed E-state index contributed by atoms with van der Waals surface area (Å²) in [6, 6.07) is -1.00. The first-order valence-electron chi connectivity index (χ1n) is 46.2. The lowest BCUT2D eigenvalue weighted by Gasteiger charge is -2.48. The molecule has 0 saturated carbocycles. The summed E-state index contributed by atoms with van der Waals surface area (Å²) in [6.07, 6.45) is 70.7. The maximum Gasteiger partial charge on any atom is 0.220 e. The molecule has 19 nitrogen and oxygen atoms in total. The molecule has 17 atom stereocenters. The van der Waals surface area contributed by atoms with Crippen LogP contribution in [0.4, 0.5) is 0 Å². The lowest BCUT2D eigenvalue weighted by atomic mass is 9.96. The van der Waals surface area contributed by atoms with E-state index in [-0.39, 0.29) is 18.9 Å². The number of allylic oxidation sites excluding steroid dienone is 11. The van der Waals surface area contributed by atoms with Gasteiger partial charge in [0.2, 0.25) is 5.91 Å². The van der Waals surface area contributed by atoms with Crippen molar-refractivity contribution in [3.8, 4) is 0 Å². The van der Waals surface area contributed by atoms with Crippen LogP contribution in [0.3, 0.4) is 0 Å². The van der Waals surface area contributed by atoms with Gasteiger partial charge in [-0.3, -0.25) is 4.79 Å². The molecule has 0 spiro atoms. The van der Waals surface area contributed by atoms with Gasteiger partial charge in [-0.25, -0.2) is 0 Å². The van der Waals surface area contributed by atoms with Crippen LogP contribution in [0.1, 0.15) is 380 Å². The van der Waals surface area contributed by atoms with Gasteiger partial charge in [-0.05, 0) is 83.5 Å². The van der Waals surface area contributed by atoms with Gasteiger partial charge in [0, 0.05) is 6.42 Å². The van der Waals surface area contributed by atoms with E-state index in [0.717, 1.165) is 57.8 Å². The van der Waals surface area contributed by atoms with Crippen molar-refractivity contribution in [2.75, 3.05) is 26.4 Å². The lowest BCUT2D eigenvalue weighted by molar-refractivity contribution is -0.379. The molecule has 12 N–H and O–H groups in total. The Bertz CT molecular complexity index is 2300. The fourth-order valence-electron chi connectivity index (χ4n) is 15.4.